The van der Waals surface area contributed by atoms with E-state index >= 15 is 0 Å². The van der Waals surface area contributed by atoms with Gasteiger partial charge in [0.1, 0.15) is 0 Å². The van der Waals surface area contributed by atoms with Gasteiger partial charge in [0.05, 0.1) is 5.01 Å². The zero-order valence-corrected chi connectivity index (χ0v) is 13.2. The number of rotatable bonds is 4. The molecule has 0 aromatic carbocycles. The first-order valence-corrected chi connectivity index (χ1v) is 8.07. The van der Waals surface area contributed by atoms with Crippen molar-refractivity contribution in [2.75, 3.05) is 13.1 Å². The van der Waals surface area contributed by atoms with Crippen molar-refractivity contribution in [2.45, 2.75) is 39.2 Å². The number of nitrogens with zero attached hydrogens (tertiary/aromatic N) is 2. The van der Waals surface area contributed by atoms with Gasteiger partial charge in [-0.3, -0.25) is 0 Å². The molecular formula is C14H21N3O3S. The number of amides is 2. The number of carboxylic acid groups (broad SMARTS) is 1. The number of nitrogens with one attached hydrogen (secondary N) is 1. The second kappa shape index (κ2) is 6.89. The number of likely N-dealkylation sites (tertiary alicyclic amines) is 1. The summed E-state index contributed by atoms with van der Waals surface area (Å²) in [6, 6.07) is 0.240. The fourth-order valence-corrected chi connectivity index (χ4v) is 3.25. The molecule has 2 unspecified atom stereocenters. The van der Waals surface area contributed by atoms with Gasteiger partial charge in [0, 0.05) is 30.9 Å². The lowest BCUT2D eigenvalue weighted by Crippen LogP contribution is -2.49. The Kier molecular flexibility index (Phi) is 5.17. The number of hydrogen-bond acceptors (Lipinski definition) is 4. The van der Waals surface area contributed by atoms with Crippen LogP contribution >= 0.6 is 11.3 Å². The summed E-state index contributed by atoms with van der Waals surface area (Å²) in [5.74, 6) is -0.471. The third-order valence-electron chi connectivity index (χ3n) is 3.76. The van der Waals surface area contributed by atoms with E-state index in [1.54, 1.807) is 0 Å². The summed E-state index contributed by atoms with van der Waals surface area (Å²) in [6.07, 6.45) is 2.77. The van der Waals surface area contributed by atoms with Gasteiger partial charge in [-0.25, -0.2) is 14.6 Å². The standard InChI is InChI=1S/C14H21N3O3S/c1-9-3-4-10(2)17(7-9)14(20)15-6-5-12-16-11(8-21-12)13(18)19/h8-10H,3-7H2,1-2H3,(H,15,20)(H,18,19). The molecule has 0 radical (unpaired) electrons. The molecule has 2 heterocycles. The normalized spacial score (nSPS) is 22.1. The number of urea groups is 1. The van der Waals surface area contributed by atoms with Crippen LogP contribution in [0, 0.1) is 5.92 Å². The molecule has 1 fully saturated rings. The van der Waals surface area contributed by atoms with Crippen LogP contribution in [0.25, 0.3) is 0 Å². The number of thiazole rings is 1. The van der Waals surface area contributed by atoms with E-state index in [2.05, 4.69) is 24.1 Å². The highest BCUT2D eigenvalue weighted by atomic mass is 32.1. The van der Waals surface area contributed by atoms with E-state index in [0.29, 0.717) is 18.9 Å². The fourth-order valence-electron chi connectivity index (χ4n) is 2.47. The molecule has 2 rings (SSSR count). The van der Waals surface area contributed by atoms with Gasteiger partial charge >= 0.3 is 12.0 Å². The summed E-state index contributed by atoms with van der Waals surface area (Å²) in [4.78, 5) is 28.8. The first kappa shape index (κ1) is 15.8. The topological polar surface area (TPSA) is 82.5 Å². The third-order valence-corrected chi connectivity index (χ3v) is 4.67. The van der Waals surface area contributed by atoms with Gasteiger partial charge in [0.15, 0.2) is 5.69 Å². The molecule has 21 heavy (non-hydrogen) atoms. The Labute approximate surface area is 128 Å². The summed E-state index contributed by atoms with van der Waals surface area (Å²) in [5, 5.41) is 14.0. The minimum atomic E-state index is -1.02. The molecule has 0 bridgehead atoms. The summed E-state index contributed by atoms with van der Waals surface area (Å²) in [5.41, 5.74) is 0.0693. The summed E-state index contributed by atoms with van der Waals surface area (Å²) in [6.45, 7) is 5.51. The molecule has 1 aliphatic heterocycles. The largest absolute Gasteiger partial charge is 0.476 e. The van der Waals surface area contributed by atoms with Crippen molar-refractivity contribution >= 4 is 23.3 Å². The molecule has 0 saturated carbocycles. The number of piperidine rings is 1. The highest BCUT2D eigenvalue weighted by molar-refractivity contribution is 7.09. The molecular weight excluding hydrogens is 290 g/mol. The molecule has 2 amide bonds. The quantitative estimate of drug-likeness (QED) is 0.893. The molecule has 1 aromatic rings. The highest BCUT2D eigenvalue weighted by Gasteiger charge is 2.26. The van der Waals surface area contributed by atoms with Crippen LogP contribution < -0.4 is 5.32 Å². The van der Waals surface area contributed by atoms with Crippen molar-refractivity contribution in [1.29, 1.82) is 0 Å². The van der Waals surface area contributed by atoms with Crippen molar-refractivity contribution in [2.24, 2.45) is 5.92 Å². The Bertz CT molecular complexity index is 517. The molecule has 1 aromatic heterocycles. The Hall–Kier alpha value is -1.63. The van der Waals surface area contributed by atoms with E-state index in [4.69, 9.17) is 5.11 Å². The lowest BCUT2D eigenvalue weighted by atomic mass is 9.95. The van der Waals surface area contributed by atoms with E-state index < -0.39 is 5.97 Å². The van der Waals surface area contributed by atoms with Crippen LogP contribution in [0.3, 0.4) is 0 Å². The fraction of sp³-hybridized carbons (Fsp3) is 0.643. The number of carbonyl (C=O) groups excluding carboxylic acids is 1. The minimum Gasteiger partial charge on any atom is -0.476 e. The van der Waals surface area contributed by atoms with Crippen molar-refractivity contribution in [1.82, 2.24) is 15.2 Å². The van der Waals surface area contributed by atoms with E-state index in [0.717, 1.165) is 18.0 Å². The average Bonchev–Trinajstić information content (AvgIpc) is 2.90. The maximum absolute atomic E-state index is 12.2. The number of carbonyl (C=O) groups is 2. The Morgan fingerprint density at radius 3 is 2.90 bits per heavy atom. The van der Waals surface area contributed by atoms with Crippen molar-refractivity contribution in [3.05, 3.63) is 16.1 Å². The van der Waals surface area contributed by atoms with Gasteiger partial charge in [-0.15, -0.1) is 11.3 Å². The van der Waals surface area contributed by atoms with Crippen LogP contribution in [0.1, 0.15) is 42.2 Å². The molecule has 7 heteroatoms. The highest BCUT2D eigenvalue weighted by Crippen LogP contribution is 2.21. The molecule has 2 atom stereocenters. The molecule has 0 aliphatic carbocycles. The molecule has 6 nitrogen and oxygen atoms in total. The smallest absolute Gasteiger partial charge is 0.355 e. The first-order valence-electron chi connectivity index (χ1n) is 7.19. The molecule has 1 aliphatic rings. The van der Waals surface area contributed by atoms with Crippen LogP contribution in [0.4, 0.5) is 4.79 Å². The van der Waals surface area contributed by atoms with Gasteiger partial charge in [-0.2, -0.15) is 0 Å². The minimum absolute atomic E-state index is 0.0379. The van der Waals surface area contributed by atoms with Crippen LogP contribution in [0.2, 0.25) is 0 Å². The van der Waals surface area contributed by atoms with Crippen LogP contribution in [0.15, 0.2) is 5.38 Å². The first-order chi connectivity index (χ1) is 9.97. The number of hydrogen-bond donors (Lipinski definition) is 2. The SMILES string of the molecule is CC1CCC(C)N(C(=O)NCCc2nc(C(=O)O)cs2)C1. The Morgan fingerprint density at radius 1 is 1.48 bits per heavy atom. The predicted molar refractivity (Wildman–Crippen MR) is 80.7 cm³/mol. The predicted octanol–water partition coefficient (Wildman–Crippen LogP) is 2.21. The van der Waals surface area contributed by atoms with Crippen molar-refractivity contribution < 1.29 is 14.7 Å². The third kappa shape index (κ3) is 4.17. The maximum Gasteiger partial charge on any atom is 0.355 e. The molecule has 2 N–H and O–H groups in total. The number of aromatic nitrogens is 1. The second-order valence-electron chi connectivity index (χ2n) is 5.60. The van der Waals surface area contributed by atoms with E-state index in [1.165, 1.54) is 23.1 Å². The average molecular weight is 311 g/mol. The van der Waals surface area contributed by atoms with Crippen LogP contribution in [0.5, 0.6) is 0 Å². The van der Waals surface area contributed by atoms with Gasteiger partial charge in [-0.1, -0.05) is 6.92 Å². The zero-order chi connectivity index (χ0) is 15.4. The Morgan fingerprint density at radius 2 is 2.24 bits per heavy atom. The monoisotopic (exact) mass is 311 g/mol. The molecule has 0 spiro atoms. The van der Waals surface area contributed by atoms with E-state index in [9.17, 15) is 9.59 Å². The van der Waals surface area contributed by atoms with E-state index in [1.807, 2.05) is 4.90 Å². The van der Waals surface area contributed by atoms with Gasteiger partial charge in [0.25, 0.3) is 0 Å². The van der Waals surface area contributed by atoms with Gasteiger partial charge < -0.3 is 15.3 Å². The maximum atomic E-state index is 12.2. The number of carboxylic acids is 1. The van der Waals surface area contributed by atoms with Crippen molar-refractivity contribution in [3.8, 4) is 0 Å². The summed E-state index contributed by atoms with van der Waals surface area (Å²) >= 11 is 1.31. The zero-order valence-electron chi connectivity index (χ0n) is 12.3. The summed E-state index contributed by atoms with van der Waals surface area (Å²) in [7, 11) is 0. The van der Waals surface area contributed by atoms with E-state index in [-0.39, 0.29) is 17.8 Å². The van der Waals surface area contributed by atoms with Crippen LogP contribution in [-0.4, -0.2) is 46.1 Å². The lowest BCUT2D eigenvalue weighted by molar-refractivity contribution is 0.0691. The van der Waals surface area contributed by atoms with Crippen LogP contribution in [-0.2, 0) is 6.42 Å². The summed E-state index contributed by atoms with van der Waals surface area (Å²) < 4.78 is 0. The second-order valence-corrected chi connectivity index (χ2v) is 6.54. The molecule has 116 valence electrons. The Balaban J connectivity index is 1.79. The van der Waals surface area contributed by atoms with Gasteiger partial charge in [0.2, 0.25) is 0 Å². The van der Waals surface area contributed by atoms with Gasteiger partial charge in [-0.05, 0) is 25.7 Å². The van der Waals surface area contributed by atoms with Crippen molar-refractivity contribution in [3.63, 3.8) is 0 Å². The number of aromatic carboxylic acids is 1. The molecule has 1 saturated heterocycles. The lowest BCUT2D eigenvalue weighted by Gasteiger charge is -2.36.